The van der Waals surface area contributed by atoms with Gasteiger partial charge in [-0.15, -0.1) is 0 Å². The largest absolute Gasteiger partial charge is 0.366 e. The molecule has 0 radical (unpaired) electrons. The van der Waals surface area contributed by atoms with E-state index in [-0.39, 0.29) is 11.0 Å². The maximum atomic E-state index is 12.0. The fraction of sp³-hybridized carbons (Fsp3) is 0.0625. The molecule has 0 aromatic heterocycles. The number of hydrogen-bond donors (Lipinski definition) is 3. The van der Waals surface area contributed by atoms with Gasteiger partial charge in [-0.2, -0.15) is 0 Å². The number of aryl methyl sites for hydroxylation is 1. The Hall–Kier alpha value is -2.73. The van der Waals surface area contributed by atoms with Gasteiger partial charge in [-0.1, -0.05) is 23.8 Å². The highest BCUT2D eigenvalue weighted by Gasteiger charge is 2.08. The van der Waals surface area contributed by atoms with Gasteiger partial charge in [-0.3, -0.25) is 14.9 Å². The molecule has 5 nitrogen and oxygen atoms in total. The second kappa shape index (κ2) is 6.82. The first-order valence-electron chi connectivity index (χ1n) is 6.54. The zero-order valence-electron chi connectivity index (χ0n) is 11.9. The molecular formula is C16H15N3O2S. The number of anilines is 1. The number of amides is 2. The lowest BCUT2D eigenvalue weighted by Gasteiger charge is -2.10. The standard InChI is InChI=1S/C16H15N3O2S/c1-10-5-7-11(8-6-10)15(21)19-16(22)18-13-4-2-3-12(9-13)14(17)20/h2-9H,1H3,(H2,17,20)(H2,18,19,21,22). The molecule has 6 heteroatoms. The van der Waals surface area contributed by atoms with Crippen molar-refractivity contribution < 1.29 is 9.59 Å². The van der Waals surface area contributed by atoms with E-state index in [1.165, 1.54) is 0 Å². The Morgan fingerprint density at radius 1 is 1.05 bits per heavy atom. The summed E-state index contributed by atoms with van der Waals surface area (Å²) in [7, 11) is 0. The molecule has 0 aliphatic heterocycles. The van der Waals surface area contributed by atoms with Crippen LogP contribution in [0.5, 0.6) is 0 Å². The summed E-state index contributed by atoms with van der Waals surface area (Å²) in [5, 5.41) is 5.56. The zero-order valence-corrected chi connectivity index (χ0v) is 12.7. The van der Waals surface area contributed by atoms with Crippen molar-refractivity contribution in [2.75, 3.05) is 5.32 Å². The minimum atomic E-state index is -0.529. The molecule has 0 aliphatic carbocycles. The van der Waals surface area contributed by atoms with Gasteiger partial charge in [0.05, 0.1) is 0 Å². The van der Waals surface area contributed by atoms with Crippen LogP contribution in [0.1, 0.15) is 26.3 Å². The van der Waals surface area contributed by atoms with Gasteiger partial charge < -0.3 is 11.1 Å². The van der Waals surface area contributed by atoms with E-state index >= 15 is 0 Å². The topological polar surface area (TPSA) is 84.2 Å². The third-order valence-corrected chi connectivity index (χ3v) is 3.15. The molecule has 0 saturated carbocycles. The van der Waals surface area contributed by atoms with E-state index in [4.69, 9.17) is 18.0 Å². The lowest BCUT2D eigenvalue weighted by molar-refractivity contribution is 0.0975. The van der Waals surface area contributed by atoms with Gasteiger partial charge in [-0.25, -0.2) is 0 Å². The molecule has 0 fully saturated rings. The van der Waals surface area contributed by atoms with Crippen LogP contribution < -0.4 is 16.4 Å². The van der Waals surface area contributed by atoms with Crippen molar-refractivity contribution in [3.63, 3.8) is 0 Å². The third-order valence-electron chi connectivity index (χ3n) is 2.95. The SMILES string of the molecule is Cc1ccc(C(=O)NC(=S)Nc2cccc(C(N)=O)c2)cc1. The lowest BCUT2D eigenvalue weighted by Crippen LogP contribution is -2.34. The molecule has 22 heavy (non-hydrogen) atoms. The average molecular weight is 313 g/mol. The number of carbonyl (C=O) groups excluding carboxylic acids is 2. The monoisotopic (exact) mass is 313 g/mol. The summed E-state index contributed by atoms with van der Waals surface area (Å²) < 4.78 is 0. The van der Waals surface area contributed by atoms with Gasteiger partial charge in [0, 0.05) is 16.8 Å². The second-order valence-electron chi connectivity index (χ2n) is 4.72. The Kier molecular flexibility index (Phi) is 4.85. The highest BCUT2D eigenvalue weighted by molar-refractivity contribution is 7.80. The van der Waals surface area contributed by atoms with E-state index in [2.05, 4.69) is 10.6 Å². The van der Waals surface area contributed by atoms with Crippen LogP contribution in [-0.2, 0) is 0 Å². The molecule has 2 amide bonds. The number of rotatable bonds is 3. The van der Waals surface area contributed by atoms with Crippen LogP contribution in [0.3, 0.4) is 0 Å². The van der Waals surface area contributed by atoms with Gasteiger partial charge in [0.15, 0.2) is 5.11 Å². The summed E-state index contributed by atoms with van der Waals surface area (Å²) in [6, 6.07) is 13.7. The van der Waals surface area contributed by atoms with Crippen LogP contribution in [0.15, 0.2) is 48.5 Å². The van der Waals surface area contributed by atoms with E-state index in [0.717, 1.165) is 5.56 Å². The van der Waals surface area contributed by atoms with Gasteiger partial charge in [0.1, 0.15) is 0 Å². The third kappa shape index (κ3) is 4.13. The molecule has 0 heterocycles. The van der Waals surface area contributed by atoms with Crippen LogP contribution >= 0.6 is 12.2 Å². The molecule has 2 aromatic carbocycles. The molecule has 0 atom stereocenters. The molecule has 2 rings (SSSR count). The zero-order chi connectivity index (χ0) is 16.1. The van der Waals surface area contributed by atoms with Crippen molar-refractivity contribution in [2.45, 2.75) is 6.92 Å². The minimum Gasteiger partial charge on any atom is -0.366 e. The molecular weight excluding hydrogens is 298 g/mol. The minimum absolute atomic E-state index is 0.146. The fourth-order valence-electron chi connectivity index (χ4n) is 1.79. The number of hydrogen-bond acceptors (Lipinski definition) is 3. The normalized spacial score (nSPS) is 9.86. The summed E-state index contributed by atoms with van der Waals surface area (Å²) in [6.07, 6.45) is 0. The summed E-state index contributed by atoms with van der Waals surface area (Å²) in [5.74, 6) is -0.832. The van der Waals surface area contributed by atoms with Crippen molar-refractivity contribution in [1.29, 1.82) is 0 Å². The molecule has 2 aromatic rings. The van der Waals surface area contributed by atoms with E-state index in [1.807, 2.05) is 19.1 Å². The molecule has 4 N–H and O–H groups in total. The number of primary amides is 1. The molecule has 0 unspecified atom stereocenters. The van der Waals surface area contributed by atoms with Gasteiger partial charge in [0.2, 0.25) is 5.91 Å². The van der Waals surface area contributed by atoms with Crippen molar-refractivity contribution in [2.24, 2.45) is 5.73 Å². The first kappa shape index (κ1) is 15.7. The predicted octanol–water partition coefficient (Wildman–Crippen LogP) is 2.22. The number of thiocarbonyl (C=S) groups is 1. The first-order chi connectivity index (χ1) is 10.5. The summed E-state index contributed by atoms with van der Waals surface area (Å²) in [5.41, 5.74) is 7.73. The van der Waals surface area contributed by atoms with E-state index in [1.54, 1.807) is 36.4 Å². The maximum absolute atomic E-state index is 12.0. The van der Waals surface area contributed by atoms with E-state index in [9.17, 15) is 9.59 Å². The van der Waals surface area contributed by atoms with Crippen LogP contribution in [0.4, 0.5) is 5.69 Å². The lowest BCUT2D eigenvalue weighted by atomic mass is 10.1. The maximum Gasteiger partial charge on any atom is 0.257 e. The van der Waals surface area contributed by atoms with Crippen LogP contribution in [0.25, 0.3) is 0 Å². The van der Waals surface area contributed by atoms with Crippen molar-refractivity contribution in [3.05, 3.63) is 65.2 Å². The van der Waals surface area contributed by atoms with Crippen molar-refractivity contribution in [3.8, 4) is 0 Å². The van der Waals surface area contributed by atoms with Crippen molar-refractivity contribution in [1.82, 2.24) is 5.32 Å². The van der Waals surface area contributed by atoms with Crippen LogP contribution in [0.2, 0.25) is 0 Å². The number of carbonyl (C=O) groups is 2. The quantitative estimate of drug-likeness (QED) is 0.759. The molecule has 0 bridgehead atoms. The number of benzene rings is 2. The summed E-state index contributed by atoms with van der Waals surface area (Å²) in [6.45, 7) is 1.94. The smallest absolute Gasteiger partial charge is 0.257 e. The second-order valence-corrected chi connectivity index (χ2v) is 5.13. The predicted molar refractivity (Wildman–Crippen MR) is 89.8 cm³/mol. The van der Waals surface area contributed by atoms with E-state index in [0.29, 0.717) is 16.8 Å². The Morgan fingerprint density at radius 3 is 2.36 bits per heavy atom. The fourth-order valence-corrected chi connectivity index (χ4v) is 2.00. The van der Waals surface area contributed by atoms with Gasteiger partial charge >= 0.3 is 0 Å². The summed E-state index contributed by atoms with van der Waals surface area (Å²) in [4.78, 5) is 23.1. The van der Waals surface area contributed by atoms with Crippen LogP contribution in [-0.4, -0.2) is 16.9 Å². The highest BCUT2D eigenvalue weighted by atomic mass is 32.1. The van der Waals surface area contributed by atoms with Gasteiger partial charge in [0.25, 0.3) is 5.91 Å². The summed E-state index contributed by atoms with van der Waals surface area (Å²) >= 11 is 5.09. The first-order valence-corrected chi connectivity index (χ1v) is 6.95. The molecule has 0 saturated heterocycles. The average Bonchev–Trinajstić information content (AvgIpc) is 2.47. The molecule has 112 valence electrons. The highest BCUT2D eigenvalue weighted by Crippen LogP contribution is 2.10. The Labute approximate surface area is 133 Å². The Morgan fingerprint density at radius 2 is 1.73 bits per heavy atom. The Bertz CT molecular complexity index is 726. The molecule has 0 spiro atoms. The van der Waals surface area contributed by atoms with E-state index < -0.39 is 5.91 Å². The number of nitrogens with one attached hydrogen (secondary N) is 2. The molecule has 0 aliphatic rings. The van der Waals surface area contributed by atoms with Crippen LogP contribution in [0, 0.1) is 6.92 Å². The Balaban J connectivity index is 2.01. The van der Waals surface area contributed by atoms with Crippen molar-refractivity contribution >= 4 is 34.8 Å². The van der Waals surface area contributed by atoms with Gasteiger partial charge in [-0.05, 0) is 49.5 Å². The number of nitrogens with two attached hydrogens (primary N) is 1.